The molecule has 0 radical (unpaired) electrons. The van der Waals surface area contributed by atoms with Crippen LogP contribution in [0, 0.1) is 13.8 Å². The van der Waals surface area contributed by atoms with Gasteiger partial charge in [-0.15, -0.1) is 0 Å². The van der Waals surface area contributed by atoms with Gasteiger partial charge in [-0.05, 0) is 63.9 Å². The normalized spacial score (nSPS) is 12.7. The molecular formula is C19H31NO. The summed E-state index contributed by atoms with van der Waals surface area (Å²) in [5.74, 6) is 0.255. The quantitative estimate of drug-likeness (QED) is 0.610. The summed E-state index contributed by atoms with van der Waals surface area (Å²) in [6.07, 6.45) is 4.67. The first kappa shape index (κ1) is 17.9. The lowest BCUT2D eigenvalue weighted by molar-refractivity contribution is 0.0833. The Balaban J connectivity index is 2.82. The van der Waals surface area contributed by atoms with Crippen LogP contribution in [0.5, 0.6) is 0 Å². The Bertz CT molecular complexity index is 445. The molecule has 21 heavy (non-hydrogen) atoms. The number of rotatable bonds is 9. The second-order valence-corrected chi connectivity index (χ2v) is 6.08. The van der Waals surface area contributed by atoms with E-state index in [0.717, 1.165) is 31.5 Å². The predicted molar refractivity (Wildman–Crippen MR) is 91.1 cm³/mol. The Hall–Kier alpha value is -1.15. The van der Waals surface area contributed by atoms with E-state index in [-0.39, 0.29) is 11.8 Å². The van der Waals surface area contributed by atoms with Gasteiger partial charge in [0.05, 0.1) is 6.04 Å². The molecule has 0 amide bonds. The molecular weight excluding hydrogens is 258 g/mol. The summed E-state index contributed by atoms with van der Waals surface area (Å²) >= 11 is 0. The fraction of sp³-hybridized carbons (Fsp3) is 0.632. The van der Waals surface area contributed by atoms with E-state index in [4.69, 9.17) is 0 Å². The van der Waals surface area contributed by atoms with Gasteiger partial charge in [0.1, 0.15) is 0 Å². The minimum Gasteiger partial charge on any atom is -0.294 e. The lowest BCUT2D eigenvalue weighted by atomic mass is 9.99. The number of carbonyl (C=O) groups excluding carboxylic acids is 1. The molecule has 0 spiro atoms. The molecule has 0 aromatic heterocycles. The molecule has 0 saturated carbocycles. The van der Waals surface area contributed by atoms with Crippen molar-refractivity contribution >= 4 is 5.78 Å². The molecule has 0 saturated heterocycles. The highest BCUT2D eigenvalue weighted by Gasteiger charge is 2.21. The van der Waals surface area contributed by atoms with E-state index in [2.05, 4.69) is 45.6 Å². The molecule has 1 aromatic carbocycles. The van der Waals surface area contributed by atoms with Gasteiger partial charge in [-0.3, -0.25) is 9.69 Å². The van der Waals surface area contributed by atoms with Gasteiger partial charge < -0.3 is 0 Å². The summed E-state index contributed by atoms with van der Waals surface area (Å²) in [5, 5.41) is 0. The first-order valence-corrected chi connectivity index (χ1v) is 8.36. The van der Waals surface area contributed by atoms with E-state index in [1.165, 1.54) is 24.0 Å². The lowest BCUT2D eigenvalue weighted by Crippen LogP contribution is -2.40. The van der Waals surface area contributed by atoms with Gasteiger partial charge in [-0.1, -0.05) is 38.8 Å². The first-order chi connectivity index (χ1) is 10.0. The van der Waals surface area contributed by atoms with Crippen molar-refractivity contribution in [2.75, 3.05) is 13.1 Å². The van der Waals surface area contributed by atoms with E-state index < -0.39 is 0 Å². The Kier molecular flexibility index (Phi) is 7.66. The number of unbranched alkanes of at least 4 members (excludes halogenated alkanes) is 2. The third-order valence-electron chi connectivity index (χ3n) is 4.32. The molecule has 1 unspecified atom stereocenters. The maximum Gasteiger partial charge on any atom is 0.179 e. The number of Topliss-reactive ketones (excluding diaryl/α,β-unsaturated/α-hetero) is 1. The van der Waals surface area contributed by atoms with Crippen LogP contribution in [0.15, 0.2) is 18.2 Å². The zero-order valence-electron chi connectivity index (χ0n) is 14.4. The zero-order valence-corrected chi connectivity index (χ0v) is 14.4. The van der Waals surface area contributed by atoms with Crippen molar-refractivity contribution < 1.29 is 4.79 Å². The third kappa shape index (κ3) is 5.28. The average molecular weight is 289 g/mol. The van der Waals surface area contributed by atoms with Crippen molar-refractivity contribution in [3.63, 3.8) is 0 Å². The topological polar surface area (TPSA) is 20.3 Å². The number of aryl methyl sites for hydroxylation is 2. The summed E-state index contributed by atoms with van der Waals surface area (Å²) < 4.78 is 0. The van der Waals surface area contributed by atoms with Crippen molar-refractivity contribution in [2.24, 2.45) is 0 Å². The molecule has 0 bridgehead atoms. The molecule has 118 valence electrons. The van der Waals surface area contributed by atoms with Crippen LogP contribution in [-0.4, -0.2) is 29.8 Å². The Morgan fingerprint density at radius 2 is 1.62 bits per heavy atom. The molecule has 0 aliphatic rings. The van der Waals surface area contributed by atoms with E-state index >= 15 is 0 Å². The maximum absolute atomic E-state index is 12.7. The van der Waals surface area contributed by atoms with Crippen LogP contribution >= 0.6 is 0 Å². The van der Waals surface area contributed by atoms with Gasteiger partial charge >= 0.3 is 0 Å². The third-order valence-corrected chi connectivity index (χ3v) is 4.32. The van der Waals surface area contributed by atoms with Crippen LogP contribution < -0.4 is 0 Å². The molecule has 0 N–H and O–H groups in total. The van der Waals surface area contributed by atoms with E-state index in [9.17, 15) is 4.79 Å². The summed E-state index contributed by atoms with van der Waals surface area (Å²) in [5.41, 5.74) is 3.29. The summed E-state index contributed by atoms with van der Waals surface area (Å²) in [6, 6.07) is 6.04. The fourth-order valence-corrected chi connectivity index (χ4v) is 2.52. The number of hydrogen-bond donors (Lipinski definition) is 0. The minimum atomic E-state index is -0.0230. The van der Waals surface area contributed by atoms with Crippen LogP contribution in [0.2, 0.25) is 0 Å². The smallest absolute Gasteiger partial charge is 0.179 e. The van der Waals surface area contributed by atoms with E-state index in [1.54, 1.807) is 0 Å². The van der Waals surface area contributed by atoms with Gasteiger partial charge in [-0.25, -0.2) is 0 Å². The second-order valence-electron chi connectivity index (χ2n) is 6.08. The van der Waals surface area contributed by atoms with Crippen molar-refractivity contribution in [3.05, 3.63) is 34.9 Å². The Morgan fingerprint density at radius 1 is 1.05 bits per heavy atom. The zero-order chi connectivity index (χ0) is 15.8. The highest BCUT2D eigenvalue weighted by molar-refractivity contribution is 6.00. The van der Waals surface area contributed by atoms with Crippen LogP contribution in [-0.2, 0) is 0 Å². The van der Waals surface area contributed by atoms with Crippen LogP contribution in [0.3, 0.4) is 0 Å². The second kappa shape index (κ2) is 8.99. The molecule has 2 nitrogen and oxygen atoms in total. The summed E-state index contributed by atoms with van der Waals surface area (Å²) in [6.45, 7) is 12.7. The van der Waals surface area contributed by atoms with Crippen LogP contribution in [0.1, 0.15) is 67.9 Å². The Labute approximate surface area is 130 Å². The molecule has 0 aliphatic heterocycles. The van der Waals surface area contributed by atoms with Gasteiger partial charge in [0.2, 0.25) is 0 Å². The SMILES string of the molecule is CCCCN(CCCC)C(C)C(=O)c1ccc(C)c(C)c1. The molecule has 0 fully saturated rings. The lowest BCUT2D eigenvalue weighted by Gasteiger charge is -2.28. The maximum atomic E-state index is 12.7. The van der Waals surface area contributed by atoms with Crippen LogP contribution in [0.4, 0.5) is 0 Å². The Morgan fingerprint density at radius 3 is 2.10 bits per heavy atom. The fourth-order valence-electron chi connectivity index (χ4n) is 2.52. The number of nitrogens with zero attached hydrogens (tertiary/aromatic N) is 1. The van der Waals surface area contributed by atoms with Crippen molar-refractivity contribution in [1.82, 2.24) is 4.90 Å². The molecule has 1 rings (SSSR count). The average Bonchev–Trinajstić information content (AvgIpc) is 2.49. The molecule has 1 atom stereocenters. The first-order valence-electron chi connectivity index (χ1n) is 8.36. The van der Waals surface area contributed by atoms with Crippen molar-refractivity contribution in [1.29, 1.82) is 0 Å². The number of carbonyl (C=O) groups is 1. The monoisotopic (exact) mass is 289 g/mol. The van der Waals surface area contributed by atoms with Crippen molar-refractivity contribution in [3.8, 4) is 0 Å². The molecule has 0 aliphatic carbocycles. The standard InChI is InChI=1S/C19H31NO/c1-6-8-12-20(13-9-7-2)17(5)19(21)18-11-10-15(3)16(4)14-18/h10-11,14,17H,6-9,12-13H2,1-5H3. The van der Waals surface area contributed by atoms with Crippen LogP contribution in [0.25, 0.3) is 0 Å². The minimum absolute atomic E-state index is 0.0230. The van der Waals surface area contributed by atoms with Crippen molar-refractivity contribution in [2.45, 2.75) is 66.3 Å². The number of benzene rings is 1. The van der Waals surface area contributed by atoms with Gasteiger partial charge in [-0.2, -0.15) is 0 Å². The summed E-state index contributed by atoms with van der Waals surface area (Å²) in [7, 11) is 0. The van der Waals surface area contributed by atoms with Gasteiger partial charge in [0, 0.05) is 5.56 Å². The highest BCUT2D eigenvalue weighted by atomic mass is 16.1. The van der Waals surface area contributed by atoms with E-state index in [0.29, 0.717) is 0 Å². The highest BCUT2D eigenvalue weighted by Crippen LogP contribution is 2.15. The molecule has 0 heterocycles. The van der Waals surface area contributed by atoms with Gasteiger partial charge in [0.25, 0.3) is 0 Å². The largest absolute Gasteiger partial charge is 0.294 e. The van der Waals surface area contributed by atoms with Gasteiger partial charge in [0.15, 0.2) is 5.78 Å². The number of ketones is 1. The van der Waals surface area contributed by atoms with E-state index in [1.807, 2.05) is 12.1 Å². The molecule has 1 aromatic rings. The summed E-state index contributed by atoms with van der Waals surface area (Å²) in [4.78, 5) is 15.1. The molecule has 2 heteroatoms. The predicted octanol–water partition coefficient (Wildman–Crippen LogP) is 4.78. The number of hydrogen-bond acceptors (Lipinski definition) is 2.